The zero-order valence-corrected chi connectivity index (χ0v) is 14.2. The lowest BCUT2D eigenvalue weighted by Gasteiger charge is -2.11. The van der Waals surface area contributed by atoms with Gasteiger partial charge in [-0.05, 0) is 48.5 Å². The number of nitrogens with zero attached hydrogens (tertiary/aromatic N) is 2. The molecule has 0 aliphatic heterocycles. The van der Waals surface area contributed by atoms with Gasteiger partial charge in [-0.15, -0.1) is 0 Å². The van der Waals surface area contributed by atoms with E-state index >= 15 is 0 Å². The molecule has 0 amide bonds. The fourth-order valence-electron chi connectivity index (χ4n) is 2.57. The summed E-state index contributed by atoms with van der Waals surface area (Å²) in [6.07, 6.45) is 0.843. The van der Waals surface area contributed by atoms with E-state index in [-0.39, 0.29) is 11.5 Å². The van der Waals surface area contributed by atoms with E-state index in [0.717, 1.165) is 12.0 Å². The van der Waals surface area contributed by atoms with Crippen LogP contribution < -0.4 is 5.32 Å². The SMILES string of the molecule is CCc1ccc(O)c(-c2n[nH]c(=S)n2-c2ccc(NC)c(O)c2)c1. The highest BCUT2D eigenvalue weighted by Gasteiger charge is 2.16. The van der Waals surface area contributed by atoms with Gasteiger partial charge in [-0.2, -0.15) is 5.10 Å². The Morgan fingerprint density at radius 1 is 1.17 bits per heavy atom. The number of aromatic hydroxyl groups is 2. The maximum Gasteiger partial charge on any atom is 0.200 e. The number of anilines is 1. The monoisotopic (exact) mass is 342 g/mol. The van der Waals surface area contributed by atoms with Crippen LogP contribution in [-0.4, -0.2) is 32.0 Å². The molecular formula is C17H18N4O2S. The normalized spacial score (nSPS) is 10.8. The highest BCUT2D eigenvalue weighted by Crippen LogP contribution is 2.32. The maximum absolute atomic E-state index is 10.2. The van der Waals surface area contributed by atoms with Crippen molar-refractivity contribution >= 4 is 17.9 Å². The first-order valence-electron chi connectivity index (χ1n) is 7.56. The number of phenols is 2. The molecule has 0 aliphatic carbocycles. The Bertz CT molecular complexity index is 946. The van der Waals surface area contributed by atoms with Gasteiger partial charge in [0.05, 0.1) is 16.9 Å². The van der Waals surface area contributed by atoms with Crippen molar-refractivity contribution in [1.29, 1.82) is 0 Å². The number of phenolic OH excluding ortho intramolecular Hbond substituents is 2. The number of benzene rings is 2. The molecule has 6 nitrogen and oxygen atoms in total. The zero-order chi connectivity index (χ0) is 17.3. The molecule has 124 valence electrons. The molecular weight excluding hydrogens is 324 g/mol. The molecule has 1 heterocycles. The zero-order valence-electron chi connectivity index (χ0n) is 13.4. The van der Waals surface area contributed by atoms with Crippen molar-refractivity contribution in [2.24, 2.45) is 0 Å². The van der Waals surface area contributed by atoms with Crippen molar-refractivity contribution in [3.63, 3.8) is 0 Å². The van der Waals surface area contributed by atoms with Gasteiger partial charge in [0.25, 0.3) is 0 Å². The van der Waals surface area contributed by atoms with Gasteiger partial charge < -0.3 is 15.5 Å². The average Bonchev–Trinajstić information content (AvgIpc) is 2.96. The van der Waals surface area contributed by atoms with E-state index in [1.54, 1.807) is 29.8 Å². The second-order valence-corrected chi connectivity index (χ2v) is 5.73. The largest absolute Gasteiger partial charge is 0.507 e. The smallest absolute Gasteiger partial charge is 0.200 e. The lowest BCUT2D eigenvalue weighted by atomic mass is 10.1. The van der Waals surface area contributed by atoms with Gasteiger partial charge in [0.2, 0.25) is 0 Å². The third-order valence-corrected chi connectivity index (χ3v) is 4.17. The van der Waals surface area contributed by atoms with Crippen molar-refractivity contribution in [1.82, 2.24) is 14.8 Å². The van der Waals surface area contributed by atoms with Crippen LogP contribution in [0.15, 0.2) is 36.4 Å². The van der Waals surface area contributed by atoms with Crippen molar-refractivity contribution in [2.45, 2.75) is 13.3 Å². The molecule has 0 aliphatic rings. The fourth-order valence-corrected chi connectivity index (χ4v) is 2.81. The van der Waals surface area contributed by atoms with E-state index in [9.17, 15) is 10.2 Å². The number of aromatic nitrogens is 3. The van der Waals surface area contributed by atoms with Gasteiger partial charge in [-0.3, -0.25) is 9.67 Å². The minimum Gasteiger partial charge on any atom is -0.507 e. The fraction of sp³-hybridized carbons (Fsp3) is 0.176. The van der Waals surface area contributed by atoms with Gasteiger partial charge in [0.1, 0.15) is 11.5 Å². The van der Waals surface area contributed by atoms with E-state index in [1.165, 1.54) is 0 Å². The van der Waals surface area contributed by atoms with Crippen LogP contribution in [0.5, 0.6) is 11.5 Å². The highest BCUT2D eigenvalue weighted by molar-refractivity contribution is 7.71. The summed E-state index contributed by atoms with van der Waals surface area (Å²) in [5.74, 6) is 0.721. The summed E-state index contributed by atoms with van der Waals surface area (Å²) in [5.41, 5.74) is 2.93. The number of hydrogen-bond donors (Lipinski definition) is 4. The molecule has 0 saturated carbocycles. The molecule has 0 bridgehead atoms. The van der Waals surface area contributed by atoms with Crippen LogP contribution in [0.1, 0.15) is 12.5 Å². The van der Waals surface area contributed by atoms with Crippen LogP contribution in [0.2, 0.25) is 0 Å². The molecule has 0 unspecified atom stereocenters. The number of aromatic amines is 1. The Hall–Kier alpha value is -2.80. The molecule has 24 heavy (non-hydrogen) atoms. The van der Waals surface area contributed by atoms with Crippen molar-refractivity contribution < 1.29 is 10.2 Å². The van der Waals surface area contributed by atoms with Crippen LogP contribution in [0.25, 0.3) is 17.1 Å². The second-order valence-electron chi connectivity index (χ2n) is 5.34. The van der Waals surface area contributed by atoms with Crippen LogP contribution >= 0.6 is 12.2 Å². The molecule has 1 aromatic heterocycles. The molecule has 0 saturated heterocycles. The molecule has 7 heteroatoms. The van der Waals surface area contributed by atoms with Crippen molar-refractivity contribution in [3.05, 3.63) is 46.7 Å². The van der Waals surface area contributed by atoms with E-state index in [2.05, 4.69) is 15.5 Å². The summed E-state index contributed by atoms with van der Waals surface area (Å²) in [6, 6.07) is 10.6. The quantitative estimate of drug-likeness (QED) is 0.430. The third-order valence-electron chi connectivity index (χ3n) is 3.89. The van der Waals surface area contributed by atoms with E-state index in [4.69, 9.17) is 12.2 Å². The molecule has 0 radical (unpaired) electrons. The Labute approximate surface area is 144 Å². The van der Waals surface area contributed by atoms with Crippen LogP contribution in [0, 0.1) is 4.77 Å². The predicted octanol–water partition coefficient (Wildman–Crippen LogP) is 3.61. The average molecular weight is 342 g/mol. The van der Waals surface area contributed by atoms with E-state index < -0.39 is 0 Å². The number of hydrogen-bond acceptors (Lipinski definition) is 5. The minimum absolute atomic E-state index is 0.107. The first-order valence-corrected chi connectivity index (χ1v) is 7.96. The van der Waals surface area contributed by atoms with E-state index in [1.807, 2.05) is 25.1 Å². The molecule has 2 aromatic carbocycles. The first kappa shape index (κ1) is 16.1. The van der Waals surface area contributed by atoms with Crippen LogP contribution in [0.3, 0.4) is 0 Å². The summed E-state index contributed by atoms with van der Waals surface area (Å²) in [4.78, 5) is 0. The van der Waals surface area contributed by atoms with Gasteiger partial charge in [0, 0.05) is 13.1 Å². The molecule has 0 spiro atoms. The second kappa shape index (κ2) is 6.37. The Balaban J connectivity index is 2.20. The minimum atomic E-state index is 0.107. The number of nitrogens with one attached hydrogen (secondary N) is 2. The summed E-state index contributed by atoms with van der Waals surface area (Å²) >= 11 is 5.33. The van der Waals surface area contributed by atoms with Gasteiger partial charge >= 0.3 is 0 Å². The van der Waals surface area contributed by atoms with Crippen LogP contribution in [-0.2, 0) is 6.42 Å². The molecule has 3 rings (SSSR count). The van der Waals surface area contributed by atoms with Crippen LogP contribution in [0.4, 0.5) is 5.69 Å². The molecule has 0 atom stereocenters. The third kappa shape index (κ3) is 2.74. The Morgan fingerprint density at radius 2 is 1.96 bits per heavy atom. The number of aryl methyl sites for hydroxylation is 1. The van der Waals surface area contributed by atoms with Gasteiger partial charge in [-0.1, -0.05) is 13.0 Å². The standard InChI is InChI=1S/C17H18N4O2S/c1-3-10-4-7-14(22)12(8-10)16-19-20-17(24)21(16)11-5-6-13(18-2)15(23)9-11/h4-9,18,22-23H,3H2,1-2H3,(H,20,24). The molecule has 4 N–H and O–H groups in total. The molecule has 3 aromatic rings. The number of H-pyrrole nitrogens is 1. The lowest BCUT2D eigenvalue weighted by Crippen LogP contribution is -1.99. The Morgan fingerprint density at radius 3 is 2.62 bits per heavy atom. The topological polar surface area (TPSA) is 86.1 Å². The summed E-state index contributed by atoms with van der Waals surface area (Å²) in [7, 11) is 1.73. The summed E-state index contributed by atoms with van der Waals surface area (Å²) in [6.45, 7) is 2.04. The van der Waals surface area contributed by atoms with Crippen molar-refractivity contribution in [2.75, 3.05) is 12.4 Å². The maximum atomic E-state index is 10.2. The highest BCUT2D eigenvalue weighted by atomic mass is 32.1. The predicted molar refractivity (Wildman–Crippen MR) is 96.4 cm³/mol. The number of rotatable bonds is 4. The van der Waals surface area contributed by atoms with Crippen molar-refractivity contribution in [3.8, 4) is 28.6 Å². The van der Waals surface area contributed by atoms with Gasteiger partial charge in [0.15, 0.2) is 10.6 Å². The lowest BCUT2D eigenvalue weighted by molar-refractivity contribution is 0.476. The molecule has 0 fully saturated rings. The first-order chi connectivity index (χ1) is 11.5. The van der Waals surface area contributed by atoms with E-state index in [0.29, 0.717) is 27.5 Å². The summed E-state index contributed by atoms with van der Waals surface area (Å²) < 4.78 is 2.06. The van der Waals surface area contributed by atoms with Gasteiger partial charge in [-0.25, -0.2) is 0 Å². The summed E-state index contributed by atoms with van der Waals surface area (Å²) in [5, 5.41) is 30.2. The Kier molecular flexibility index (Phi) is 4.26.